The topological polar surface area (TPSA) is 79.3 Å². The molecule has 5 nitrogen and oxygen atoms in total. The van der Waals surface area contributed by atoms with Crippen molar-refractivity contribution >= 4 is 11.9 Å². The number of nitrogens with one attached hydrogen (secondary N) is 1. The summed E-state index contributed by atoms with van der Waals surface area (Å²) in [5.41, 5.74) is 0.633. The first kappa shape index (κ1) is 14.5. The van der Waals surface area contributed by atoms with Crippen LogP contribution in [0.4, 0.5) is 0 Å². The van der Waals surface area contributed by atoms with Crippen molar-refractivity contribution in [1.82, 2.24) is 10.3 Å². The van der Waals surface area contributed by atoms with E-state index in [1.807, 2.05) is 0 Å². The van der Waals surface area contributed by atoms with E-state index in [0.29, 0.717) is 18.0 Å². The third-order valence-corrected chi connectivity index (χ3v) is 5.03. The summed E-state index contributed by atoms with van der Waals surface area (Å²) in [5.74, 6) is -0.961. The van der Waals surface area contributed by atoms with Gasteiger partial charge < -0.3 is 10.4 Å². The molecule has 0 aliphatic heterocycles. The van der Waals surface area contributed by atoms with Gasteiger partial charge in [0, 0.05) is 18.3 Å². The Morgan fingerprint density at radius 1 is 1.30 bits per heavy atom. The molecule has 0 aromatic carbocycles. The Morgan fingerprint density at radius 2 is 1.90 bits per heavy atom. The highest BCUT2D eigenvalue weighted by atomic mass is 16.4. The molecule has 2 rings (SSSR count). The minimum Gasteiger partial charge on any atom is -0.477 e. The van der Waals surface area contributed by atoms with Gasteiger partial charge in [-0.15, -0.1) is 0 Å². The lowest BCUT2D eigenvalue weighted by Crippen LogP contribution is -2.27. The predicted octanol–water partition coefficient (Wildman–Crippen LogP) is 2.19. The van der Waals surface area contributed by atoms with Crippen LogP contribution in [0.5, 0.6) is 0 Å². The zero-order chi connectivity index (χ0) is 15.1. The van der Waals surface area contributed by atoms with E-state index in [1.165, 1.54) is 18.3 Å². The zero-order valence-electron chi connectivity index (χ0n) is 12.2. The molecule has 0 spiro atoms. The van der Waals surface area contributed by atoms with Crippen molar-refractivity contribution < 1.29 is 14.7 Å². The second-order valence-corrected chi connectivity index (χ2v) is 6.44. The van der Waals surface area contributed by atoms with Gasteiger partial charge in [0.25, 0.3) is 5.91 Å². The largest absolute Gasteiger partial charge is 0.477 e. The van der Waals surface area contributed by atoms with Gasteiger partial charge in [-0.25, -0.2) is 9.78 Å². The first-order chi connectivity index (χ1) is 9.18. The number of amides is 1. The third kappa shape index (κ3) is 2.28. The normalized spacial score (nSPS) is 19.4. The summed E-state index contributed by atoms with van der Waals surface area (Å²) in [6.45, 7) is 9.37. The van der Waals surface area contributed by atoms with Crippen LogP contribution in [-0.4, -0.2) is 28.5 Å². The minimum absolute atomic E-state index is 0.121. The van der Waals surface area contributed by atoms with Crippen LogP contribution in [0.25, 0.3) is 0 Å². The number of pyridine rings is 1. The number of carbonyl (C=O) groups is 2. The van der Waals surface area contributed by atoms with Gasteiger partial charge in [0.1, 0.15) is 5.69 Å². The quantitative estimate of drug-likeness (QED) is 0.883. The molecular formula is C15H20N2O3. The molecule has 0 atom stereocenters. The SMILES string of the molecule is CC1(C)C(CNC(=O)c2ccnc(C(=O)O)c2)C1(C)C. The van der Waals surface area contributed by atoms with E-state index in [2.05, 4.69) is 38.0 Å². The van der Waals surface area contributed by atoms with Crippen LogP contribution >= 0.6 is 0 Å². The molecule has 1 aliphatic rings. The lowest BCUT2D eigenvalue weighted by Gasteiger charge is -2.06. The summed E-state index contributed by atoms with van der Waals surface area (Å²) in [4.78, 5) is 26.6. The number of aromatic nitrogens is 1. The standard InChI is InChI=1S/C15H20N2O3/c1-14(2)11(15(14,3)4)8-17-12(18)9-5-6-16-10(7-9)13(19)20/h5-7,11H,8H2,1-4H3,(H,17,18)(H,19,20). The molecule has 1 aliphatic carbocycles. The maximum Gasteiger partial charge on any atom is 0.354 e. The molecule has 0 bridgehead atoms. The highest BCUT2D eigenvalue weighted by molar-refractivity contribution is 5.96. The highest BCUT2D eigenvalue weighted by Gasteiger charge is 2.64. The molecule has 1 heterocycles. The van der Waals surface area contributed by atoms with E-state index in [0.717, 1.165) is 0 Å². The van der Waals surface area contributed by atoms with E-state index in [4.69, 9.17) is 5.11 Å². The van der Waals surface area contributed by atoms with Crippen LogP contribution in [0.15, 0.2) is 18.3 Å². The maximum absolute atomic E-state index is 12.0. The first-order valence-electron chi connectivity index (χ1n) is 6.65. The Bertz CT molecular complexity index is 550. The first-order valence-corrected chi connectivity index (χ1v) is 6.65. The van der Waals surface area contributed by atoms with Crippen molar-refractivity contribution in [2.75, 3.05) is 6.54 Å². The van der Waals surface area contributed by atoms with E-state index in [-0.39, 0.29) is 22.4 Å². The molecular weight excluding hydrogens is 256 g/mol. The average molecular weight is 276 g/mol. The summed E-state index contributed by atoms with van der Waals surface area (Å²) in [6, 6.07) is 2.81. The van der Waals surface area contributed by atoms with Crippen LogP contribution in [0.3, 0.4) is 0 Å². The van der Waals surface area contributed by atoms with Crippen molar-refractivity contribution in [3.63, 3.8) is 0 Å². The van der Waals surface area contributed by atoms with Gasteiger partial charge in [-0.3, -0.25) is 4.79 Å². The third-order valence-electron chi connectivity index (χ3n) is 5.03. The van der Waals surface area contributed by atoms with Gasteiger partial charge in [-0.1, -0.05) is 27.7 Å². The molecule has 1 aromatic heterocycles. The van der Waals surface area contributed by atoms with Crippen LogP contribution in [-0.2, 0) is 0 Å². The summed E-state index contributed by atoms with van der Waals surface area (Å²) in [6.07, 6.45) is 1.34. The molecule has 20 heavy (non-hydrogen) atoms. The Labute approximate surface area is 118 Å². The molecule has 108 valence electrons. The summed E-state index contributed by atoms with van der Waals surface area (Å²) < 4.78 is 0. The Kier molecular flexibility index (Phi) is 3.32. The van der Waals surface area contributed by atoms with Gasteiger partial charge in [0.15, 0.2) is 0 Å². The van der Waals surface area contributed by atoms with Crippen molar-refractivity contribution in [3.8, 4) is 0 Å². The van der Waals surface area contributed by atoms with Crippen LogP contribution in [0.2, 0.25) is 0 Å². The number of hydrogen-bond donors (Lipinski definition) is 2. The predicted molar refractivity (Wildman–Crippen MR) is 74.6 cm³/mol. The summed E-state index contributed by atoms with van der Waals surface area (Å²) >= 11 is 0. The van der Waals surface area contributed by atoms with Gasteiger partial charge >= 0.3 is 5.97 Å². The van der Waals surface area contributed by atoms with Crippen molar-refractivity contribution in [1.29, 1.82) is 0 Å². The Hall–Kier alpha value is -1.91. The smallest absolute Gasteiger partial charge is 0.354 e. The van der Waals surface area contributed by atoms with Crippen LogP contribution < -0.4 is 5.32 Å². The van der Waals surface area contributed by atoms with Gasteiger partial charge in [0.2, 0.25) is 0 Å². The molecule has 0 unspecified atom stereocenters. The minimum atomic E-state index is -1.14. The fourth-order valence-electron chi connectivity index (χ4n) is 2.83. The van der Waals surface area contributed by atoms with Crippen molar-refractivity contribution in [2.45, 2.75) is 27.7 Å². The van der Waals surface area contributed by atoms with E-state index in [1.54, 1.807) is 0 Å². The second-order valence-electron chi connectivity index (χ2n) is 6.44. The van der Waals surface area contributed by atoms with Crippen LogP contribution in [0.1, 0.15) is 48.5 Å². The van der Waals surface area contributed by atoms with E-state index >= 15 is 0 Å². The van der Waals surface area contributed by atoms with Crippen LogP contribution in [0, 0.1) is 16.7 Å². The number of hydrogen-bond acceptors (Lipinski definition) is 3. The number of aromatic carboxylic acids is 1. The van der Waals surface area contributed by atoms with Gasteiger partial charge in [-0.2, -0.15) is 0 Å². The number of nitrogens with zero attached hydrogens (tertiary/aromatic N) is 1. The van der Waals surface area contributed by atoms with E-state index in [9.17, 15) is 9.59 Å². The number of rotatable bonds is 4. The summed E-state index contributed by atoms with van der Waals surface area (Å²) in [5, 5.41) is 11.7. The Morgan fingerprint density at radius 3 is 2.40 bits per heavy atom. The second kappa shape index (κ2) is 4.58. The van der Waals surface area contributed by atoms with E-state index < -0.39 is 5.97 Å². The number of carboxylic acid groups (broad SMARTS) is 1. The van der Waals surface area contributed by atoms with Crippen molar-refractivity contribution in [3.05, 3.63) is 29.6 Å². The molecule has 1 saturated carbocycles. The van der Waals surface area contributed by atoms with Gasteiger partial charge in [0.05, 0.1) is 0 Å². The lowest BCUT2D eigenvalue weighted by molar-refractivity contribution is 0.0690. The van der Waals surface area contributed by atoms with Gasteiger partial charge in [-0.05, 0) is 28.9 Å². The zero-order valence-corrected chi connectivity index (χ0v) is 12.2. The fourth-order valence-corrected chi connectivity index (χ4v) is 2.83. The lowest BCUT2D eigenvalue weighted by atomic mass is 10.0. The molecule has 1 aromatic rings. The number of carbonyl (C=O) groups excluding carboxylic acids is 1. The summed E-state index contributed by atoms with van der Waals surface area (Å²) in [7, 11) is 0. The molecule has 1 fully saturated rings. The molecule has 0 radical (unpaired) electrons. The highest BCUT2D eigenvalue weighted by Crippen LogP contribution is 2.67. The van der Waals surface area contributed by atoms with Crippen molar-refractivity contribution in [2.24, 2.45) is 16.7 Å². The fraction of sp³-hybridized carbons (Fsp3) is 0.533. The Balaban J connectivity index is 2.00. The molecule has 5 heteroatoms. The molecule has 0 saturated heterocycles. The maximum atomic E-state index is 12.0. The average Bonchev–Trinajstić information content (AvgIpc) is 2.77. The molecule has 1 amide bonds. The molecule has 2 N–H and O–H groups in total. The number of carboxylic acids is 1. The monoisotopic (exact) mass is 276 g/mol.